The first-order valence-corrected chi connectivity index (χ1v) is 7.46. The number of aliphatic carboxylic acids is 1. The van der Waals surface area contributed by atoms with Gasteiger partial charge in [-0.15, -0.1) is 0 Å². The van der Waals surface area contributed by atoms with Gasteiger partial charge in [0.05, 0.1) is 12.8 Å². The van der Waals surface area contributed by atoms with Crippen molar-refractivity contribution in [1.29, 1.82) is 0 Å². The van der Waals surface area contributed by atoms with Gasteiger partial charge in [-0.1, -0.05) is 12.1 Å². The standard InChI is InChI=1S/C16H22N2O3/c1-11-9-16(15(19)20,10-18(11)12-7-8-12)17-13-5-3-4-6-14(13)21-2/h3-6,11-12,17H,7-10H2,1-2H3,(H,19,20). The molecule has 0 amide bonds. The fourth-order valence-corrected chi connectivity index (χ4v) is 3.35. The van der Waals surface area contributed by atoms with Gasteiger partial charge < -0.3 is 15.2 Å². The number of anilines is 1. The number of ether oxygens (including phenoxy) is 1. The predicted octanol–water partition coefficient (Wildman–Crippen LogP) is 2.19. The van der Waals surface area contributed by atoms with Gasteiger partial charge in [0.15, 0.2) is 0 Å². The van der Waals surface area contributed by atoms with E-state index in [1.807, 2.05) is 24.3 Å². The summed E-state index contributed by atoms with van der Waals surface area (Å²) in [6.07, 6.45) is 2.99. The lowest BCUT2D eigenvalue weighted by Crippen LogP contribution is -2.49. The summed E-state index contributed by atoms with van der Waals surface area (Å²) in [5.74, 6) is -0.112. The quantitative estimate of drug-likeness (QED) is 0.870. The van der Waals surface area contributed by atoms with Crippen LogP contribution in [0.3, 0.4) is 0 Å². The molecule has 1 saturated carbocycles. The molecule has 0 radical (unpaired) electrons. The number of likely N-dealkylation sites (tertiary alicyclic amines) is 1. The Labute approximate surface area is 124 Å². The van der Waals surface area contributed by atoms with Crippen LogP contribution in [0.15, 0.2) is 24.3 Å². The van der Waals surface area contributed by atoms with Crippen molar-refractivity contribution in [3.8, 4) is 5.75 Å². The minimum absolute atomic E-state index is 0.288. The fraction of sp³-hybridized carbons (Fsp3) is 0.562. The molecule has 1 aromatic rings. The maximum atomic E-state index is 11.9. The molecule has 21 heavy (non-hydrogen) atoms. The highest BCUT2D eigenvalue weighted by Crippen LogP contribution is 2.40. The summed E-state index contributed by atoms with van der Waals surface area (Å²) in [4.78, 5) is 14.3. The Hall–Kier alpha value is -1.75. The van der Waals surface area contributed by atoms with Crippen molar-refractivity contribution in [3.05, 3.63) is 24.3 Å². The van der Waals surface area contributed by atoms with E-state index >= 15 is 0 Å². The normalized spacial score (nSPS) is 29.3. The Morgan fingerprint density at radius 2 is 2.14 bits per heavy atom. The molecule has 1 heterocycles. The summed E-state index contributed by atoms with van der Waals surface area (Å²) in [6, 6.07) is 8.34. The molecule has 2 unspecified atom stereocenters. The predicted molar refractivity (Wildman–Crippen MR) is 80.8 cm³/mol. The zero-order chi connectivity index (χ0) is 15.0. The van der Waals surface area contributed by atoms with E-state index in [0.29, 0.717) is 24.8 Å². The molecule has 3 rings (SSSR count). The summed E-state index contributed by atoms with van der Waals surface area (Å²) in [6.45, 7) is 2.67. The number of hydrogen-bond donors (Lipinski definition) is 2. The van der Waals surface area contributed by atoms with E-state index in [4.69, 9.17) is 4.74 Å². The first-order chi connectivity index (χ1) is 10.1. The van der Waals surface area contributed by atoms with Crippen molar-refractivity contribution < 1.29 is 14.6 Å². The summed E-state index contributed by atoms with van der Waals surface area (Å²) < 4.78 is 5.32. The van der Waals surface area contributed by atoms with Crippen molar-refractivity contribution in [2.45, 2.75) is 43.8 Å². The first-order valence-electron chi connectivity index (χ1n) is 7.46. The van der Waals surface area contributed by atoms with Crippen LogP contribution in [-0.2, 0) is 4.79 Å². The number of para-hydroxylation sites is 2. The molecular formula is C16H22N2O3. The van der Waals surface area contributed by atoms with Crippen molar-refractivity contribution in [2.75, 3.05) is 19.0 Å². The summed E-state index contributed by atoms with van der Waals surface area (Å²) in [5.41, 5.74) is -0.191. The van der Waals surface area contributed by atoms with E-state index < -0.39 is 11.5 Å². The van der Waals surface area contributed by atoms with Crippen LogP contribution in [0.2, 0.25) is 0 Å². The molecule has 0 spiro atoms. The van der Waals surface area contributed by atoms with Crippen LogP contribution in [0, 0.1) is 0 Å². The average Bonchev–Trinajstić information content (AvgIpc) is 3.24. The van der Waals surface area contributed by atoms with Crippen molar-refractivity contribution in [3.63, 3.8) is 0 Å². The van der Waals surface area contributed by atoms with Gasteiger partial charge in [-0.05, 0) is 38.3 Å². The molecular weight excluding hydrogens is 268 g/mol. The SMILES string of the molecule is COc1ccccc1NC1(C(=O)O)CC(C)N(C2CC2)C1. The highest BCUT2D eigenvalue weighted by Gasteiger charge is 2.51. The van der Waals surface area contributed by atoms with Crippen LogP contribution in [0.1, 0.15) is 26.2 Å². The average molecular weight is 290 g/mol. The molecule has 2 fully saturated rings. The first kappa shape index (κ1) is 14.2. The maximum Gasteiger partial charge on any atom is 0.330 e. The smallest absolute Gasteiger partial charge is 0.330 e. The van der Waals surface area contributed by atoms with Crippen LogP contribution >= 0.6 is 0 Å². The number of hydrogen-bond acceptors (Lipinski definition) is 4. The van der Waals surface area contributed by atoms with Gasteiger partial charge in [0.2, 0.25) is 0 Å². The summed E-state index contributed by atoms with van der Waals surface area (Å²) in [5, 5.41) is 13.0. The summed E-state index contributed by atoms with van der Waals surface area (Å²) >= 11 is 0. The topological polar surface area (TPSA) is 61.8 Å². The van der Waals surface area contributed by atoms with Gasteiger partial charge in [-0.3, -0.25) is 4.90 Å². The molecule has 2 N–H and O–H groups in total. The zero-order valence-electron chi connectivity index (χ0n) is 12.5. The van der Waals surface area contributed by atoms with Gasteiger partial charge in [-0.25, -0.2) is 4.79 Å². The Kier molecular flexibility index (Phi) is 3.53. The number of methoxy groups -OCH3 is 1. The molecule has 0 bridgehead atoms. The van der Waals surface area contributed by atoms with Crippen molar-refractivity contribution >= 4 is 11.7 Å². The maximum absolute atomic E-state index is 11.9. The molecule has 1 aromatic carbocycles. The van der Waals surface area contributed by atoms with E-state index in [9.17, 15) is 9.90 Å². The molecule has 1 aliphatic heterocycles. The molecule has 114 valence electrons. The molecule has 1 aliphatic carbocycles. The Morgan fingerprint density at radius 3 is 2.76 bits per heavy atom. The second-order valence-electron chi connectivity index (χ2n) is 6.17. The molecule has 5 nitrogen and oxygen atoms in total. The third-order valence-electron chi connectivity index (χ3n) is 4.57. The third-order valence-corrected chi connectivity index (χ3v) is 4.57. The fourth-order valence-electron chi connectivity index (χ4n) is 3.35. The number of carbonyl (C=O) groups is 1. The van der Waals surface area contributed by atoms with Crippen molar-refractivity contribution in [2.24, 2.45) is 0 Å². The van der Waals surface area contributed by atoms with Crippen LogP contribution in [0.25, 0.3) is 0 Å². The van der Waals surface area contributed by atoms with Gasteiger partial charge in [-0.2, -0.15) is 0 Å². The molecule has 2 atom stereocenters. The monoisotopic (exact) mass is 290 g/mol. The number of rotatable bonds is 5. The van der Waals surface area contributed by atoms with Gasteiger partial charge in [0.25, 0.3) is 0 Å². The van der Waals surface area contributed by atoms with Gasteiger partial charge in [0.1, 0.15) is 11.3 Å². The van der Waals surface area contributed by atoms with Crippen LogP contribution in [0.5, 0.6) is 5.75 Å². The van der Waals surface area contributed by atoms with E-state index in [1.165, 1.54) is 12.8 Å². The Balaban J connectivity index is 1.87. The minimum Gasteiger partial charge on any atom is -0.495 e. The van der Waals surface area contributed by atoms with E-state index in [2.05, 4.69) is 17.1 Å². The number of benzene rings is 1. The van der Waals surface area contributed by atoms with Crippen LogP contribution < -0.4 is 10.1 Å². The Bertz CT molecular complexity index is 544. The second-order valence-corrected chi connectivity index (χ2v) is 6.17. The number of carboxylic acid groups (broad SMARTS) is 1. The molecule has 5 heteroatoms. The van der Waals surface area contributed by atoms with Gasteiger partial charge in [0, 0.05) is 18.6 Å². The molecule has 0 aromatic heterocycles. The molecule has 2 aliphatic rings. The lowest BCUT2D eigenvalue weighted by Gasteiger charge is -2.28. The van der Waals surface area contributed by atoms with E-state index in [0.717, 1.165) is 5.69 Å². The largest absolute Gasteiger partial charge is 0.495 e. The molecule has 1 saturated heterocycles. The minimum atomic E-state index is -0.934. The van der Waals surface area contributed by atoms with Gasteiger partial charge >= 0.3 is 5.97 Å². The van der Waals surface area contributed by atoms with E-state index in [-0.39, 0.29) is 6.04 Å². The highest BCUT2D eigenvalue weighted by molar-refractivity contribution is 5.84. The second kappa shape index (κ2) is 5.22. The van der Waals surface area contributed by atoms with Crippen LogP contribution in [0.4, 0.5) is 5.69 Å². The number of nitrogens with zero attached hydrogens (tertiary/aromatic N) is 1. The van der Waals surface area contributed by atoms with Crippen LogP contribution in [-0.4, -0.2) is 47.3 Å². The van der Waals surface area contributed by atoms with Crippen molar-refractivity contribution in [1.82, 2.24) is 4.90 Å². The third kappa shape index (κ3) is 2.58. The Morgan fingerprint density at radius 1 is 1.43 bits per heavy atom. The number of nitrogens with one attached hydrogen (secondary N) is 1. The zero-order valence-corrected chi connectivity index (χ0v) is 12.5. The summed E-state index contributed by atoms with van der Waals surface area (Å²) in [7, 11) is 1.60. The number of carboxylic acids is 1. The lowest BCUT2D eigenvalue weighted by molar-refractivity contribution is -0.141. The lowest BCUT2D eigenvalue weighted by atomic mass is 9.96. The van der Waals surface area contributed by atoms with E-state index in [1.54, 1.807) is 7.11 Å². The highest BCUT2D eigenvalue weighted by atomic mass is 16.5.